The Balaban J connectivity index is 1.45. The van der Waals surface area contributed by atoms with Crippen molar-refractivity contribution in [2.75, 3.05) is 6.54 Å². The van der Waals surface area contributed by atoms with Crippen LogP contribution in [-0.2, 0) is 9.59 Å². The molecule has 3 fully saturated rings. The van der Waals surface area contributed by atoms with E-state index < -0.39 is 12.1 Å². The lowest BCUT2D eigenvalue weighted by Gasteiger charge is -2.36. The van der Waals surface area contributed by atoms with Gasteiger partial charge in [0.15, 0.2) is 0 Å². The summed E-state index contributed by atoms with van der Waals surface area (Å²) in [6, 6.07) is 4.12. The molecule has 2 aliphatic carbocycles. The molecule has 6 atom stereocenters. The number of amides is 2. The Morgan fingerprint density at radius 2 is 1.97 bits per heavy atom. The normalized spacial score (nSPS) is 28.7. The Hall–Kier alpha value is -2.41. The van der Waals surface area contributed by atoms with E-state index in [9.17, 15) is 19.1 Å². The average Bonchev–Trinajstić information content (AvgIpc) is 3.56. The Morgan fingerprint density at radius 3 is 2.71 bits per heavy atom. The number of carbonyl (C=O) groups is 2. The van der Waals surface area contributed by atoms with Crippen molar-refractivity contribution in [3.05, 3.63) is 35.8 Å². The molecule has 2 heterocycles. The summed E-state index contributed by atoms with van der Waals surface area (Å²) in [6.07, 6.45) is 9.05. The van der Waals surface area contributed by atoms with E-state index in [2.05, 4.69) is 10.3 Å². The lowest BCUT2D eigenvalue weighted by Crippen LogP contribution is -2.55. The number of fused-ring (bicyclic) bond motifs is 2. The molecule has 7 heteroatoms. The maximum Gasteiger partial charge on any atom is 0.245 e. The monoisotopic (exact) mass is 483 g/mol. The van der Waals surface area contributed by atoms with E-state index in [4.69, 9.17) is 0 Å². The maximum absolute atomic E-state index is 14.1. The quantitative estimate of drug-likeness (QED) is 0.566. The molecule has 3 N–H and O–H groups in total. The number of aromatic nitrogens is 1. The summed E-state index contributed by atoms with van der Waals surface area (Å²) in [5, 5.41) is 15.1. The summed E-state index contributed by atoms with van der Waals surface area (Å²) in [7, 11) is 0. The van der Waals surface area contributed by atoms with Gasteiger partial charge in [-0.1, -0.05) is 33.1 Å². The highest BCUT2D eigenvalue weighted by Crippen LogP contribution is 2.49. The van der Waals surface area contributed by atoms with Gasteiger partial charge in [0.1, 0.15) is 11.9 Å². The number of rotatable bonds is 6. The Bertz CT molecular complexity index is 1080. The van der Waals surface area contributed by atoms with E-state index in [1.54, 1.807) is 6.07 Å². The van der Waals surface area contributed by atoms with E-state index in [-0.39, 0.29) is 47.3 Å². The summed E-state index contributed by atoms with van der Waals surface area (Å²) in [6.45, 7) is 4.20. The van der Waals surface area contributed by atoms with Crippen molar-refractivity contribution in [1.29, 1.82) is 0 Å². The molecule has 2 aromatic rings. The van der Waals surface area contributed by atoms with Crippen LogP contribution in [0.2, 0.25) is 0 Å². The van der Waals surface area contributed by atoms with Crippen molar-refractivity contribution in [2.45, 2.75) is 89.3 Å². The number of H-pyrrole nitrogens is 1. The Labute approximate surface area is 206 Å². The molecule has 6 nitrogen and oxygen atoms in total. The molecule has 0 radical (unpaired) electrons. The number of aromatic amines is 1. The number of aliphatic hydroxyl groups excluding tert-OH is 1. The largest absolute Gasteiger partial charge is 0.391 e. The third kappa shape index (κ3) is 4.48. The number of benzene rings is 1. The molecule has 0 bridgehead atoms. The maximum atomic E-state index is 14.1. The van der Waals surface area contributed by atoms with Crippen LogP contribution in [0.3, 0.4) is 0 Å². The zero-order valence-electron chi connectivity index (χ0n) is 20.8. The fourth-order valence-electron chi connectivity index (χ4n) is 6.85. The van der Waals surface area contributed by atoms with E-state index in [0.717, 1.165) is 61.4 Å². The third-order valence-electron chi connectivity index (χ3n) is 9.00. The highest BCUT2D eigenvalue weighted by atomic mass is 19.1. The predicted molar refractivity (Wildman–Crippen MR) is 133 cm³/mol. The molecule has 1 aromatic carbocycles. The number of hydrogen-bond acceptors (Lipinski definition) is 3. The fourth-order valence-corrected chi connectivity index (χ4v) is 6.85. The van der Waals surface area contributed by atoms with Gasteiger partial charge in [-0.2, -0.15) is 0 Å². The zero-order valence-corrected chi connectivity index (χ0v) is 20.8. The number of hydrogen-bond donors (Lipinski definition) is 3. The van der Waals surface area contributed by atoms with Gasteiger partial charge in [-0.15, -0.1) is 0 Å². The number of nitrogens with one attached hydrogen (secondary N) is 2. The van der Waals surface area contributed by atoms with Gasteiger partial charge in [0.25, 0.3) is 0 Å². The Morgan fingerprint density at radius 1 is 1.20 bits per heavy atom. The van der Waals surface area contributed by atoms with Crippen LogP contribution in [0.4, 0.5) is 4.39 Å². The van der Waals surface area contributed by atoms with Gasteiger partial charge in [-0.05, 0) is 61.8 Å². The summed E-state index contributed by atoms with van der Waals surface area (Å²) in [5.41, 5.74) is 1.83. The molecule has 2 saturated carbocycles. The molecule has 5 rings (SSSR count). The van der Waals surface area contributed by atoms with E-state index in [0.29, 0.717) is 6.54 Å². The average molecular weight is 484 g/mol. The second kappa shape index (κ2) is 9.92. The minimum absolute atomic E-state index is 0.0200. The van der Waals surface area contributed by atoms with Crippen LogP contribution in [0.15, 0.2) is 24.4 Å². The molecule has 0 unspecified atom stereocenters. The number of carbonyl (C=O) groups excluding carboxylic acids is 2. The highest BCUT2D eigenvalue weighted by Gasteiger charge is 2.53. The van der Waals surface area contributed by atoms with Gasteiger partial charge in [-0.3, -0.25) is 9.59 Å². The molecule has 1 aromatic heterocycles. The minimum Gasteiger partial charge on any atom is -0.391 e. The first-order valence-corrected chi connectivity index (χ1v) is 13.4. The van der Waals surface area contributed by atoms with Gasteiger partial charge in [0.2, 0.25) is 11.8 Å². The minimum atomic E-state index is -0.561. The van der Waals surface area contributed by atoms with Gasteiger partial charge < -0.3 is 20.3 Å². The van der Waals surface area contributed by atoms with Gasteiger partial charge in [-0.25, -0.2) is 4.39 Å². The van der Waals surface area contributed by atoms with Crippen LogP contribution in [0, 0.1) is 23.6 Å². The Kier molecular flexibility index (Phi) is 6.88. The number of likely N-dealkylation sites (tertiary alicyclic amines) is 1. The van der Waals surface area contributed by atoms with Crippen LogP contribution in [-0.4, -0.2) is 51.5 Å². The van der Waals surface area contributed by atoms with Crippen molar-refractivity contribution in [3.63, 3.8) is 0 Å². The topological polar surface area (TPSA) is 85.4 Å². The van der Waals surface area contributed by atoms with Crippen molar-refractivity contribution < 1.29 is 19.1 Å². The van der Waals surface area contributed by atoms with Crippen LogP contribution in [0.5, 0.6) is 0 Å². The van der Waals surface area contributed by atoms with Crippen LogP contribution in [0.1, 0.15) is 76.7 Å². The van der Waals surface area contributed by atoms with Crippen molar-refractivity contribution in [1.82, 2.24) is 15.2 Å². The molecule has 35 heavy (non-hydrogen) atoms. The summed E-state index contributed by atoms with van der Waals surface area (Å²) < 4.78 is 13.8. The fraction of sp³-hybridized carbons (Fsp3) is 0.643. The van der Waals surface area contributed by atoms with E-state index in [1.165, 1.54) is 18.6 Å². The first kappa shape index (κ1) is 24.3. The SMILES string of the molecule is CC[C@@H](C)C(=O)N[C@H](C(=O)N1C[C@@H](O)[C@H]2CC[C@H](c3c[nH]c4cc(F)ccc34)[C@H]21)C1CCCCC1. The van der Waals surface area contributed by atoms with Gasteiger partial charge >= 0.3 is 0 Å². The molecule has 3 aliphatic rings. The molecule has 1 aliphatic heterocycles. The van der Waals surface area contributed by atoms with E-state index in [1.807, 2.05) is 24.9 Å². The lowest BCUT2D eigenvalue weighted by molar-refractivity contribution is -0.140. The lowest BCUT2D eigenvalue weighted by atomic mass is 9.82. The van der Waals surface area contributed by atoms with Gasteiger partial charge in [0.05, 0.1) is 6.10 Å². The summed E-state index contributed by atoms with van der Waals surface area (Å²) >= 11 is 0. The molecule has 2 amide bonds. The molecular weight excluding hydrogens is 445 g/mol. The predicted octanol–water partition coefficient (Wildman–Crippen LogP) is 4.48. The van der Waals surface area contributed by atoms with Crippen molar-refractivity contribution in [3.8, 4) is 0 Å². The second-order valence-electron chi connectivity index (χ2n) is 11.0. The number of aliphatic hydroxyl groups is 1. The number of nitrogens with zero attached hydrogens (tertiary/aromatic N) is 1. The molecule has 190 valence electrons. The van der Waals surface area contributed by atoms with Crippen molar-refractivity contribution in [2.24, 2.45) is 17.8 Å². The standard InChI is InChI=1S/C28H38FN3O3/c1-3-16(2)27(34)31-25(17-7-5-4-6-8-17)28(35)32-15-24(33)21-12-11-20(26(21)32)22-14-30-23-13-18(29)9-10-19(22)23/h9-10,13-14,16-17,20-21,24-26,30,33H,3-8,11-12,15H2,1-2H3,(H,31,34)/t16-,20-,21-,24-,25+,26-/m1/s1. The van der Waals surface area contributed by atoms with Gasteiger partial charge in [0, 0.05) is 47.4 Å². The zero-order chi connectivity index (χ0) is 24.7. The third-order valence-corrected chi connectivity index (χ3v) is 9.00. The smallest absolute Gasteiger partial charge is 0.245 e. The molecule has 1 saturated heterocycles. The first-order valence-electron chi connectivity index (χ1n) is 13.4. The molecular formula is C28H38FN3O3. The summed E-state index contributed by atoms with van der Waals surface area (Å²) in [4.78, 5) is 32.1. The van der Waals surface area contributed by atoms with Crippen LogP contribution in [0.25, 0.3) is 10.9 Å². The molecule has 0 spiro atoms. The van der Waals surface area contributed by atoms with Crippen LogP contribution < -0.4 is 5.32 Å². The van der Waals surface area contributed by atoms with Crippen molar-refractivity contribution >= 4 is 22.7 Å². The number of β-amino-alcohol motifs (C(OH)–C–C–N with tert-alkyl or cyclic N) is 1. The summed E-state index contributed by atoms with van der Waals surface area (Å²) in [5.74, 6) is -0.305. The first-order chi connectivity index (χ1) is 16.9. The highest BCUT2D eigenvalue weighted by molar-refractivity contribution is 5.89. The second-order valence-corrected chi connectivity index (χ2v) is 11.0. The van der Waals surface area contributed by atoms with Crippen LogP contribution >= 0.6 is 0 Å². The van der Waals surface area contributed by atoms with E-state index >= 15 is 0 Å². The number of halogens is 1.